The molecule has 0 aliphatic carbocycles. The molecule has 2 amide bonds. The Morgan fingerprint density at radius 3 is 2.59 bits per heavy atom. The second-order valence-electron chi connectivity index (χ2n) is 4.57. The molecule has 0 saturated carbocycles. The molecule has 0 atom stereocenters. The van der Waals surface area contributed by atoms with E-state index < -0.39 is 11.8 Å². The van der Waals surface area contributed by atoms with Crippen LogP contribution in [0.1, 0.15) is 20.7 Å². The Morgan fingerprint density at radius 2 is 1.86 bits per heavy atom. The molecule has 1 heterocycles. The maximum absolute atomic E-state index is 12.5. The van der Waals surface area contributed by atoms with Crippen LogP contribution in [0, 0.1) is 0 Å². The van der Waals surface area contributed by atoms with Gasteiger partial charge in [-0.05, 0) is 35.9 Å². The fourth-order valence-corrected chi connectivity index (χ4v) is 2.33. The van der Waals surface area contributed by atoms with Gasteiger partial charge in [-0.1, -0.05) is 17.2 Å². The Labute approximate surface area is 125 Å². The molecular formula is C15H10N4O3. The molecule has 0 bridgehead atoms. The van der Waals surface area contributed by atoms with Gasteiger partial charge in [0.2, 0.25) is 0 Å². The number of benzene rings is 2. The number of fused-ring (bicyclic) bond motifs is 1. The lowest BCUT2D eigenvalue weighted by molar-refractivity contribution is 0.0926. The number of hydrogen-bond acceptors (Lipinski definition) is 4. The fraction of sp³-hybridized carbons (Fsp3) is 0.0667. The Bertz CT molecular complexity index is 840. The molecule has 0 spiro atoms. The van der Waals surface area contributed by atoms with E-state index in [0.717, 1.165) is 4.90 Å². The van der Waals surface area contributed by atoms with Crippen LogP contribution in [0.5, 0.6) is 5.75 Å². The minimum atomic E-state index is -0.433. The third kappa shape index (κ3) is 2.06. The summed E-state index contributed by atoms with van der Waals surface area (Å²) < 4.78 is 5.08. The van der Waals surface area contributed by atoms with Crippen LogP contribution in [-0.4, -0.2) is 18.9 Å². The van der Waals surface area contributed by atoms with Crippen LogP contribution in [0.15, 0.2) is 47.6 Å². The van der Waals surface area contributed by atoms with Crippen LogP contribution in [0.4, 0.5) is 11.4 Å². The molecule has 108 valence electrons. The lowest BCUT2D eigenvalue weighted by Crippen LogP contribution is -2.29. The number of ether oxygens (including phenoxy) is 1. The molecule has 1 aliphatic rings. The molecule has 7 heteroatoms. The first-order valence-electron chi connectivity index (χ1n) is 6.37. The molecule has 22 heavy (non-hydrogen) atoms. The largest absolute Gasteiger partial charge is 0.497 e. The zero-order valence-electron chi connectivity index (χ0n) is 11.6. The average Bonchev–Trinajstić information content (AvgIpc) is 2.79. The number of anilines is 1. The van der Waals surface area contributed by atoms with Crippen LogP contribution in [-0.2, 0) is 0 Å². The Morgan fingerprint density at radius 1 is 1.09 bits per heavy atom. The van der Waals surface area contributed by atoms with E-state index in [2.05, 4.69) is 10.0 Å². The summed E-state index contributed by atoms with van der Waals surface area (Å²) in [6, 6.07) is 11.0. The lowest BCUT2D eigenvalue weighted by Gasteiger charge is -2.14. The highest BCUT2D eigenvalue weighted by molar-refractivity contribution is 6.34. The van der Waals surface area contributed by atoms with E-state index in [4.69, 9.17) is 10.3 Å². The van der Waals surface area contributed by atoms with E-state index in [1.165, 1.54) is 19.2 Å². The number of carbonyl (C=O) groups is 2. The van der Waals surface area contributed by atoms with Gasteiger partial charge in [0.1, 0.15) is 5.75 Å². The van der Waals surface area contributed by atoms with Crippen molar-refractivity contribution < 1.29 is 14.3 Å². The first-order valence-corrected chi connectivity index (χ1v) is 6.37. The molecule has 2 aromatic carbocycles. The molecule has 0 saturated heterocycles. The Hall–Kier alpha value is -3.31. The van der Waals surface area contributed by atoms with Gasteiger partial charge in [0.05, 0.1) is 23.9 Å². The van der Waals surface area contributed by atoms with E-state index in [-0.39, 0.29) is 0 Å². The minimum absolute atomic E-state index is 0.290. The van der Waals surface area contributed by atoms with Crippen molar-refractivity contribution in [2.75, 3.05) is 12.0 Å². The summed E-state index contributed by atoms with van der Waals surface area (Å²) >= 11 is 0. The molecule has 0 fully saturated rings. The highest BCUT2D eigenvalue weighted by Crippen LogP contribution is 2.32. The monoisotopic (exact) mass is 294 g/mol. The van der Waals surface area contributed by atoms with Gasteiger partial charge in [-0.15, -0.1) is 0 Å². The predicted molar refractivity (Wildman–Crippen MR) is 79.4 cm³/mol. The highest BCUT2D eigenvalue weighted by atomic mass is 16.5. The standard InChI is InChI=1S/C15H10N4O3/c1-22-11-5-6-12-13(8-11)15(21)19(14(12)20)10-4-2-3-9(7-10)17-18-16/h2-8H,1H3. The Balaban J connectivity index is 2.07. The van der Waals surface area contributed by atoms with E-state index in [1.54, 1.807) is 30.3 Å². The molecule has 0 aromatic heterocycles. The van der Waals surface area contributed by atoms with Crippen molar-refractivity contribution in [3.05, 3.63) is 64.0 Å². The van der Waals surface area contributed by atoms with E-state index in [0.29, 0.717) is 28.3 Å². The molecule has 0 N–H and O–H groups in total. The lowest BCUT2D eigenvalue weighted by atomic mass is 10.1. The maximum Gasteiger partial charge on any atom is 0.266 e. The van der Waals surface area contributed by atoms with Crippen molar-refractivity contribution in [3.8, 4) is 5.75 Å². The molecule has 3 rings (SSSR count). The maximum atomic E-state index is 12.5. The molecule has 0 radical (unpaired) electrons. The fourth-order valence-electron chi connectivity index (χ4n) is 2.33. The summed E-state index contributed by atoms with van der Waals surface area (Å²) in [6.07, 6.45) is 0. The van der Waals surface area contributed by atoms with Gasteiger partial charge in [0.25, 0.3) is 11.8 Å². The summed E-state index contributed by atoms with van der Waals surface area (Å²) in [5, 5.41) is 3.48. The van der Waals surface area contributed by atoms with Gasteiger partial charge >= 0.3 is 0 Å². The number of rotatable bonds is 3. The third-order valence-electron chi connectivity index (χ3n) is 3.34. The van der Waals surface area contributed by atoms with Crippen LogP contribution in [0.3, 0.4) is 0 Å². The summed E-state index contributed by atoms with van der Waals surface area (Å²) in [7, 11) is 1.49. The number of amides is 2. The molecule has 7 nitrogen and oxygen atoms in total. The van der Waals surface area contributed by atoms with Gasteiger partial charge in [-0.25, -0.2) is 4.90 Å². The third-order valence-corrected chi connectivity index (χ3v) is 3.34. The van der Waals surface area contributed by atoms with Crippen molar-refractivity contribution in [3.63, 3.8) is 0 Å². The number of imide groups is 1. The first kappa shape index (κ1) is 13.7. The first-order chi connectivity index (χ1) is 10.7. The van der Waals surface area contributed by atoms with Crippen LogP contribution < -0.4 is 9.64 Å². The average molecular weight is 294 g/mol. The topological polar surface area (TPSA) is 95.4 Å². The SMILES string of the molecule is COc1ccc2c(c1)C(=O)N(c1cccc(N=[N+]=[N-])c1)C2=O. The van der Waals surface area contributed by atoms with Gasteiger partial charge in [-0.3, -0.25) is 9.59 Å². The zero-order chi connectivity index (χ0) is 15.7. The number of carbonyl (C=O) groups excluding carboxylic acids is 2. The second-order valence-corrected chi connectivity index (χ2v) is 4.57. The quantitative estimate of drug-likeness (QED) is 0.375. The summed E-state index contributed by atoms with van der Waals surface area (Å²) in [4.78, 5) is 28.7. The van der Waals surface area contributed by atoms with Crippen molar-refractivity contribution in [2.45, 2.75) is 0 Å². The van der Waals surface area contributed by atoms with Crippen LogP contribution in [0.25, 0.3) is 10.4 Å². The Kier molecular flexibility index (Phi) is 3.25. The number of nitrogens with zero attached hydrogens (tertiary/aromatic N) is 4. The molecule has 2 aromatic rings. The molecule has 1 aliphatic heterocycles. The summed E-state index contributed by atoms with van der Waals surface area (Å²) in [5.41, 5.74) is 9.77. The van der Waals surface area contributed by atoms with Gasteiger partial charge in [0, 0.05) is 10.6 Å². The predicted octanol–water partition coefficient (Wildman–Crippen LogP) is 3.44. The zero-order valence-corrected chi connectivity index (χ0v) is 11.6. The van der Waals surface area contributed by atoms with Crippen molar-refractivity contribution in [1.29, 1.82) is 0 Å². The number of azide groups is 1. The van der Waals surface area contributed by atoms with Crippen LogP contribution in [0.2, 0.25) is 0 Å². The van der Waals surface area contributed by atoms with Gasteiger partial charge in [0.15, 0.2) is 0 Å². The summed E-state index contributed by atoms with van der Waals surface area (Å²) in [6.45, 7) is 0. The van der Waals surface area contributed by atoms with E-state index >= 15 is 0 Å². The second kappa shape index (κ2) is 5.23. The van der Waals surface area contributed by atoms with E-state index in [9.17, 15) is 9.59 Å². The minimum Gasteiger partial charge on any atom is -0.497 e. The van der Waals surface area contributed by atoms with Gasteiger partial charge < -0.3 is 4.74 Å². The smallest absolute Gasteiger partial charge is 0.266 e. The van der Waals surface area contributed by atoms with Crippen molar-refractivity contribution in [2.24, 2.45) is 5.11 Å². The van der Waals surface area contributed by atoms with Gasteiger partial charge in [-0.2, -0.15) is 0 Å². The molecule has 0 unspecified atom stereocenters. The summed E-state index contributed by atoms with van der Waals surface area (Å²) in [5.74, 6) is -0.345. The highest BCUT2D eigenvalue weighted by Gasteiger charge is 2.36. The number of hydrogen-bond donors (Lipinski definition) is 0. The van der Waals surface area contributed by atoms with Crippen LogP contribution >= 0.6 is 0 Å². The molecular weight excluding hydrogens is 284 g/mol. The normalized spacial score (nSPS) is 12.9. The number of methoxy groups -OCH3 is 1. The van der Waals surface area contributed by atoms with E-state index in [1.807, 2.05) is 0 Å². The van der Waals surface area contributed by atoms with Crippen molar-refractivity contribution >= 4 is 23.2 Å². The van der Waals surface area contributed by atoms with Crippen molar-refractivity contribution in [1.82, 2.24) is 0 Å².